The van der Waals surface area contributed by atoms with Gasteiger partial charge in [0.25, 0.3) is 5.91 Å². The Morgan fingerprint density at radius 3 is 2.04 bits per heavy atom. The monoisotopic (exact) mass is 353 g/mol. The van der Waals surface area contributed by atoms with Crippen molar-refractivity contribution in [2.75, 3.05) is 11.9 Å². The van der Waals surface area contributed by atoms with Gasteiger partial charge in [-0.15, -0.1) is 0 Å². The second-order valence-corrected chi connectivity index (χ2v) is 7.73. The number of esters is 1. The summed E-state index contributed by atoms with van der Waals surface area (Å²) in [5.41, 5.74) is 3.52. The minimum atomic E-state index is -0.501. The third-order valence-electron chi connectivity index (χ3n) is 4.18. The van der Waals surface area contributed by atoms with E-state index in [9.17, 15) is 9.59 Å². The summed E-state index contributed by atoms with van der Waals surface area (Å²) >= 11 is 0. The van der Waals surface area contributed by atoms with Gasteiger partial charge in [-0.3, -0.25) is 4.79 Å². The fourth-order valence-electron chi connectivity index (χ4n) is 2.47. The number of hydrogen-bond acceptors (Lipinski definition) is 3. The van der Waals surface area contributed by atoms with Crippen LogP contribution in [0.4, 0.5) is 5.69 Å². The molecule has 1 amide bonds. The van der Waals surface area contributed by atoms with Crippen molar-refractivity contribution in [3.63, 3.8) is 0 Å². The molecule has 0 aliphatic carbocycles. The lowest BCUT2D eigenvalue weighted by Gasteiger charge is -2.19. The normalized spacial score (nSPS) is 11.3. The van der Waals surface area contributed by atoms with E-state index in [-0.39, 0.29) is 17.9 Å². The number of hydrogen-bond donors (Lipinski definition) is 1. The average molecular weight is 353 g/mol. The minimum Gasteiger partial charge on any atom is -0.452 e. The Balaban J connectivity index is 1.87. The molecule has 0 spiro atoms. The summed E-state index contributed by atoms with van der Waals surface area (Å²) in [6, 6.07) is 14.9. The highest BCUT2D eigenvalue weighted by atomic mass is 16.5. The first kappa shape index (κ1) is 19.7. The van der Waals surface area contributed by atoms with Crippen molar-refractivity contribution in [2.24, 2.45) is 0 Å². The van der Waals surface area contributed by atoms with Crippen molar-refractivity contribution in [3.05, 3.63) is 65.2 Å². The first-order chi connectivity index (χ1) is 12.2. The van der Waals surface area contributed by atoms with Gasteiger partial charge in [0.15, 0.2) is 6.61 Å². The van der Waals surface area contributed by atoms with Crippen LogP contribution in [-0.4, -0.2) is 18.5 Å². The molecule has 0 saturated heterocycles. The third-order valence-corrected chi connectivity index (χ3v) is 4.18. The van der Waals surface area contributed by atoms with Crippen molar-refractivity contribution < 1.29 is 14.3 Å². The quantitative estimate of drug-likeness (QED) is 0.778. The number of amides is 1. The van der Waals surface area contributed by atoms with Crippen LogP contribution in [0.15, 0.2) is 48.5 Å². The smallest absolute Gasteiger partial charge is 0.338 e. The minimum absolute atomic E-state index is 0.0587. The van der Waals surface area contributed by atoms with Crippen LogP contribution in [0.1, 0.15) is 62.0 Å². The highest BCUT2D eigenvalue weighted by Gasteiger charge is 2.14. The van der Waals surface area contributed by atoms with E-state index < -0.39 is 5.97 Å². The van der Waals surface area contributed by atoms with E-state index in [0.29, 0.717) is 17.2 Å². The second-order valence-electron chi connectivity index (χ2n) is 7.73. The van der Waals surface area contributed by atoms with Crippen LogP contribution in [0.2, 0.25) is 0 Å². The lowest BCUT2D eigenvalue weighted by molar-refractivity contribution is -0.119. The molecule has 1 N–H and O–H groups in total. The fraction of sp³-hybridized carbons (Fsp3) is 0.364. The zero-order valence-electron chi connectivity index (χ0n) is 16.1. The Kier molecular flexibility index (Phi) is 6.19. The molecule has 0 aliphatic rings. The summed E-state index contributed by atoms with van der Waals surface area (Å²) < 4.78 is 5.09. The maximum atomic E-state index is 12.0. The summed E-state index contributed by atoms with van der Waals surface area (Å²) in [5, 5.41) is 2.74. The van der Waals surface area contributed by atoms with E-state index in [4.69, 9.17) is 4.74 Å². The van der Waals surface area contributed by atoms with Gasteiger partial charge in [0.05, 0.1) is 5.56 Å². The number of anilines is 1. The Hall–Kier alpha value is -2.62. The van der Waals surface area contributed by atoms with Crippen LogP contribution in [0.3, 0.4) is 0 Å². The maximum absolute atomic E-state index is 12.0. The summed E-state index contributed by atoms with van der Waals surface area (Å²) in [5.74, 6) is -0.463. The molecule has 138 valence electrons. The molecule has 4 nitrogen and oxygen atoms in total. The van der Waals surface area contributed by atoms with Crippen LogP contribution in [0.25, 0.3) is 0 Å². The van der Waals surface area contributed by atoms with Crippen molar-refractivity contribution in [2.45, 2.75) is 46.0 Å². The van der Waals surface area contributed by atoms with Gasteiger partial charge in [0.1, 0.15) is 0 Å². The predicted molar refractivity (Wildman–Crippen MR) is 105 cm³/mol. The molecule has 0 atom stereocenters. The van der Waals surface area contributed by atoms with Crippen LogP contribution in [0, 0.1) is 0 Å². The molecule has 0 aliphatic heterocycles. The lowest BCUT2D eigenvalue weighted by Crippen LogP contribution is -2.21. The van der Waals surface area contributed by atoms with Crippen LogP contribution in [0.5, 0.6) is 0 Å². The summed E-state index contributed by atoms with van der Waals surface area (Å²) in [6.45, 7) is 10.3. The topological polar surface area (TPSA) is 55.4 Å². The second kappa shape index (κ2) is 8.17. The Morgan fingerprint density at radius 1 is 0.962 bits per heavy atom. The standard InChI is InChI=1S/C22H27NO3/c1-15(2)16-6-8-17(9-7-16)21(25)26-14-20(24)23-19-12-10-18(11-13-19)22(3,4)5/h6-13,15H,14H2,1-5H3,(H,23,24). The van der Waals surface area contributed by atoms with Gasteiger partial charge in [-0.1, -0.05) is 58.9 Å². The SMILES string of the molecule is CC(C)c1ccc(C(=O)OCC(=O)Nc2ccc(C(C)(C)C)cc2)cc1. The Bertz CT molecular complexity index is 753. The molecule has 0 saturated carbocycles. The molecular weight excluding hydrogens is 326 g/mol. The first-order valence-electron chi connectivity index (χ1n) is 8.84. The van der Waals surface area contributed by atoms with Crippen LogP contribution < -0.4 is 5.32 Å². The van der Waals surface area contributed by atoms with Crippen molar-refractivity contribution in [1.82, 2.24) is 0 Å². The fourth-order valence-corrected chi connectivity index (χ4v) is 2.47. The van der Waals surface area contributed by atoms with E-state index in [0.717, 1.165) is 5.56 Å². The summed E-state index contributed by atoms with van der Waals surface area (Å²) in [6.07, 6.45) is 0. The molecule has 0 bridgehead atoms. The van der Waals surface area contributed by atoms with Crippen molar-refractivity contribution >= 4 is 17.6 Å². The van der Waals surface area contributed by atoms with Crippen LogP contribution >= 0.6 is 0 Å². The first-order valence-corrected chi connectivity index (χ1v) is 8.84. The molecule has 0 fully saturated rings. The molecule has 2 aromatic rings. The van der Waals surface area contributed by atoms with Gasteiger partial charge >= 0.3 is 5.97 Å². The van der Waals surface area contributed by atoms with Crippen LogP contribution in [-0.2, 0) is 14.9 Å². The van der Waals surface area contributed by atoms with Gasteiger partial charge in [0.2, 0.25) is 0 Å². The molecule has 2 aromatic carbocycles. The highest BCUT2D eigenvalue weighted by molar-refractivity contribution is 5.95. The number of benzene rings is 2. The zero-order chi connectivity index (χ0) is 19.3. The highest BCUT2D eigenvalue weighted by Crippen LogP contribution is 2.23. The lowest BCUT2D eigenvalue weighted by atomic mass is 9.87. The molecule has 0 aromatic heterocycles. The largest absolute Gasteiger partial charge is 0.452 e. The van der Waals surface area contributed by atoms with Gasteiger partial charge in [-0.2, -0.15) is 0 Å². The molecule has 2 rings (SSSR count). The van der Waals surface area contributed by atoms with Gasteiger partial charge in [-0.25, -0.2) is 4.79 Å². The molecule has 0 radical (unpaired) electrons. The number of ether oxygens (including phenoxy) is 1. The summed E-state index contributed by atoms with van der Waals surface area (Å²) in [7, 11) is 0. The van der Waals surface area contributed by atoms with Gasteiger partial charge in [0, 0.05) is 5.69 Å². The third kappa shape index (κ3) is 5.45. The van der Waals surface area contributed by atoms with E-state index in [1.54, 1.807) is 12.1 Å². The van der Waals surface area contributed by atoms with Crippen molar-refractivity contribution in [1.29, 1.82) is 0 Å². The Morgan fingerprint density at radius 2 is 1.54 bits per heavy atom. The number of rotatable bonds is 5. The van der Waals surface area contributed by atoms with Crippen molar-refractivity contribution in [3.8, 4) is 0 Å². The number of nitrogens with one attached hydrogen (secondary N) is 1. The Labute approximate surface area is 155 Å². The molecule has 0 heterocycles. The summed E-state index contributed by atoms with van der Waals surface area (Å²) in [4.78, 5) is 24.0. The molecule has 26 heavy (non-hydrogen) atoms. The molecular formula is C22H27NO3. The van der Waals surface area contributed by atoms with E-state index in [1.807, 2.05) is 36.4 Å². The molecule has 0 unspecified atom stereocenters. The van der Waals surface area contributed by atoms with E-state index in [1.165, 1.54) is 5.56 Å². The van der Waals surface area contributed by atoms with E-state index in [2.05, 4.69) is 39.9 Å². The maximum Gasteiger partial charge on any atom is 0.338 e. The average Bonchev–Trinajstić information content (AvgIpc) is 2.59. The predicted octanol–water partition coefficient (Wildman–Crippen LogP) is 4.90. The number of carbonyl (C=O) groups excluding carboxylic acids is 2. The van der Waals surface area contributed by atoms with Gasteiger partial charge < -0.3 is 10.1 Å². The number of carbonyl (C=O) groups is 2. The zero-order valence-corrected chi connectivity index (χ0v) is 16.1. The van der Waals surface area contributed by atoms with E-state index >= 15 is 0 Å². The molecule has 4 heteroatoms. The van der Waals surface area contributed by atoms with Gasteiger partial charge in [-0.05, 0) is 46.7 Å².